The Morgan fingerprint density at radius 2 is 1.85 bits per heavy atom. The molecule has 0 saturated carbocycles. The molecule has 3 N–H and O–H groups in total. The number of benzene rings is 2. The molecule has 0 unspecified atom stereocenters. The molecule has 2 aromatic rings. The van der Waals surface area contributed by atoms with Crippen molar-refractivity contribution < 1.29 is 24.2 Å². The lowest BCUT2D eigenvalue weighted by atomic mass is 9.76. The predicted octanol–water partition coefficient (Wildman–Crippen LogP) is 1.83. The smallest absolute Gasteiger partial charge is 0.250 e. The van der Waals surface area contributed by atoms with Crippen LogP contribution in [0.1, 0.15) is 23.7 Å². The van der Waals surface area contributed by atoms with Crippen LogP contribution < -0.4 is 10.6 Å². The van der Waals surface area contributed by atoms with Crippen molar-refractivity contribution in [2.24, 2.45) is 11.8 Å². The lowest BCUT2D eigenvalue weighted by molar-refractivity contribution is -0.143. The van der Waals surface area contributed by atoms with Gasteiger partial charge in [-0.25, -0.2) is 0 Å². The number of aliphatic hydroxyl groups is 1. The SMILES string of the molecule is COCCCN1C(=O)[C@@H]2[C@@H]([C@H](O)c3ccc(Cl)cc3)N[C@@]3(C(=O)Nc4ccccc43)[C@H]2C1=O. The summed E-state index contributed by atoms with van der Waals surface area (Å²) in [7, 11) is 1.56. The Morgan fingerprint density at radius 3 is 2.58 bits per heavy atom. The number of imide groups is 1. The van der Waals surface area contributed by atoms with Gasteiger partial charge >= 0.3 is 0 Å². The van der Waals surface area contributed by atoms with Gasteiger partial charge in [-0.3, -0.25) is 24.6 Å². The number of carbonyl (C=O) groups excluding carboxylic acids is 3. The topological polar surface area (TPSA) is 108 Å². The number of halogens is 1. The van der Waals surface area contributed by atoms with Gasteiger partial charge in [0.05, 0.1) is 24.0 Å². The average molecular weight is 470 g/mol. The van der Waals surface area contributed by atoms with Gasteiger partial charge < -0.3 is 15.2 Å². The molecule has 1 spiro atoms. The zero-order chi connectivity index (χ0) is 23.3. The van der Waals surface area contributed by atoms with Crippen molar-refractivity contribution in [3.63, 3.8) is 0 Å². The third-order valence-corrected chi connectivity index (χ3v) is 7.18. The Morgan fingerprint density at radius 1 is 1.12 bits per heavy atom. The van der Waals surface area contributed by atoms with Crippen molar-refractivity contribution in [3.8, 4) is 0 Å². The molecule has 0 aromatic heterocycles. The molecule has 3 amide bonds. The molecular weight excluding hydrogens is 446 g/mol. The summed E-state index contributed by atoms with van der Waals surface area (Å²) in [6, 6.07) is 12.9. The second-order valence-electron chi connectivity index (χ2n) is 8.65. The van der Waals surface area contributed by atoms with Gasteiger partial charge in [0, 0.05) is 36.5 Å². The highest BCUT2D eigenvalue weighted by Gasteiger charge is 2.71. The van der Waals surface area contributed by atoms with Crippen LogP contribution in [0.5, 0.6) is 0 Å². The van der Waals surface area contributed by atoms with E-state index in [2.05, 4.69) is 10.6 Å². The van der Waals surface area contributed by atoms with E-state index in [1.54, 1.807) is 55.6 Å². The van der Waals surface area contributed by atoms with Crippen molar-refractivity contribution in [1.29, 1.82) is 0 Å². The van der Waals surface area contributed by atoms with Crippen LogP contribution in [0.25, 0.3) is 0 Å². The van der Waals surface area contributed by atoms with Gasteiger partial charge in [0.1, 0.15) is 5.54 Å². The standard InChI is InChI=1S/C24H24ClN3O5/c1-33-12-4-11-28-21(30)17-18(22(28)31)24(15-5-2-3-6-16(15)26-23(24)32)27-19(17)20(29)13-7-9-14(25)10-8-13/h2-3,5-10,17-20,27,29H,4,11-12H2,1H3,(H,26,32)/t17-,18+,19-,20+,24+/m0/s1. The largest absolute Gasteiger partial charge is 0.387 e. The Bertz CT molecular complexity index is 1120. The number of nitrogens with one attached hydrogen (secondary N) is 2. The Hall–Kier alpha value is -2.78. The maximum absolute atomic E-state index is 13.6. The second kappa shape index (κ2) is 8.22. The van der Waals surface area contributed by atoms with E-state index in [1.165, 1.54) is 4.90 Å². The molecule has 5 atom stereocenters. The van der Waals surface area contributed by atoms with Crippen LogP contribution >= 0.6 is 11.6 Å². The molecule has 0 radical (unpaired) electrons. The number of carbonyl (C=O) groups is 3. The summed E-state index contributed by atoms with van der Waals surface area (Å²) in [6.07, 6.45) is -0.647. The van der Waals surface area contributed by atoms with Crippen LogP contribution in [0, 0.1) is 11.8 Å². The number of ether oxygens (including phenoxy) is 1. The minimum Gasteiger partial charge on any atom is -0.387 e. The van der Waals surface area contributed by atoms with Crippen LogP contribution in [0.2, 0.25) is 5.02 Å². The molecule has 2 saturated heterocycles. The van der Waals surface area contributed by atoms with Crippen LogP contribution in [-0.4, -0.2) is 54.0 Å². The highest BCUT2D eigenvalue weighted by molar-refractivity contribution is 6.30. The fourth-order valence-corrected chi connectivity index (χ4v) is 5.60. The Labute approximate surface area is 195 Å². The van der Waals surface area contributed by atoms with Gasteiger partial charge in [0.25, 0.3) is 0 Å². The lowest BCUT2D eigenvalue weighted by Crippen LogP contribution is -2.54. The van der Waals surface area contributed by atoms with Crippen LogP contribution in [0.4, 0.5) is 5.69 Å². The lowest BCUT2D eigenvalue weighted by Gasteiger charge is -2.30. The van der Waals surface area contributed by atoms with E-state index in [-0.39, 0.29) is 12.5 Å². The van der Waals surface area contributed by atoms with Crippen molar-refractivity contribution in [3.05, 3.63) is 64.7 Å². The van der Waals surface area contributed by atoms with Crippen molar-refractivity contribution in [2.75, 3.05) is 25.6 Å². The molecule has 5 rings (SSSR count). The predicted molar refractivity (Wildman–Crippen MR) is 120 cm³/mol. The molecule has 3 heterocycles. The number of fused-ring (bicyclic) bond motifs is 4. The van der Waals surface area contributed by atoms with Crippen molar-refractivity contribution >= 4 is 35.0 Å². The monoisotopic (exact) mass is 469 g/mol. The number of aliphatic hydroxyl groups excluding tert-OH is 1. The molecule has 9 heteroatoms. The first kappa shape index (κ1) is 22.0. The van der Waals surface area contributed by atoms with E-state index < -0.39 is 41.3 Å². The summed E-state index contributed by atoms with van der Waals surface area (Å²) < 4.78 is 5.07. The fraction of sp³-hybridized carbons (Fsp3) is 0.375. The number of anilines is 1. The van der Waals surface area contributed by atoms with E-state index in [4.69, 9.17) is 16.3 Å². The molecule has 8 nitrogen and oxygen atoms in total. The summed E-state index contributed by atoms with van der Waals surface area (Å²) in [4.78, 5) is 41.7. The van der Waals surface area contributed by atoms with Gasteiger partial charge in [-0.15, -0.1) is 0 Å². The molecule has 3 aliphatic rings. The number of hydrogen-bond acceptors (Lipinski definition) is 6. The van der Waals surface area contributed by atoms with E-state index in [9.17, 15) is 19.5 Å². The van der Waals surface area contributed by atoms with E-state index in [0.717, 1.165) is 0 Å². The van der Waals surface area contributed by atoms with Gasteiger partial charge in [0.15, 0.2) is 0 Å². The van der Waals surface area contributed by atoms with Crippen LogP contribution in [-0.2, 0) is 24.7 Å². The van der Waals surface area contributed by atoms with Crippen molar-refractivity contribution in [2.45, 2.75) is 24.1 Å². The molecule has 0 aliphatic carbocycles. The van der Waals surface area contributed by atoms with Crippen molar-refractivity contribution in [1.82, 2.24) is 10.2 Å². The number of hydrogen-bond donors (Lipinski definition) is 3. The van der Waals surface area contributed by atoms with Crippen LogP contribution in [0.3, 0.4) is 0 Å². The summed E-state index contributed by atoms with van der Waals surface area (Å²) >= 11 is 5.99. The fourth-order valence-electron chi connectivity index (χ4n) is 5.47. The molecule has 33 heavy (non-hydrogen) atoms. The van der Waals surface area contributed by atoms with Gasteiger partial charge in [0.2, 0.25) is 17.7 Å². The quantitative estimate of drug-likeness (QED) is 0.440. The average Bonchev–Trinajstić information content (AvgIpc) is 3.40. The molecular formula is C24H24ClN3O5. The highest BCUT2D eigenvalue weighted by Crippen LogP contribution is 2.54. The number of rotatable bonds is 6. The number of methoxy groups -OCH3 is 1. The molecule has 172 valence electrons. The van der Waals surface area contributed by atoms with Gasteiger partial charge in [-0.2, -0.15) is 0 Å². The van der Waals surface area contributed by atoms with E-state index in [0.29, 0.717) is 34.9 Å². The molecule has 3 aliphatic heterocycles. The number of para-hydroxylation sites is 1. The minimum absolute atomic E-state index is 0.196. The molecule has 0 bridgehead atoms. The summed E-state index contributed by atoms with van der Waals surface area (Å²) in [6.45, 7) is 0.595. The minimum atomic E-state index is -1.44. The number of likely N-dealkylation sites (tertiary alicyclic amines) is 1. The first-order valence-electron chi connectivity index (χ1n) is 10.9. The molecule has 2 aromatic carbocycles. The zero-order valence-corrected chi connectivity index (χ0v) is 18.7. The van der Waals surface area contributed by atoms with Gasteiger partial charge in [-0.05, 0) is 30.2 Å². The van der Waals surface area contributed by atoms with Gasteiger partial charge in [-0.1, -0.05) is 41.9 Å². The van der Waals surface area contributed by atoms with Crippen LogP contribution in [0.15, 0.2) is 48.5 Å². The third kappa shape index (κ3) is 3.20. The molecule has 2 fully saturated rings. The Kier molecular flexibility index (Phi) is 5.49. The van der Waals surface area contributed by atoms with E-state index >= 15 is 0 Å². The summed E-state index contributed by atoms with van der Waals surface area (Å²) in [5, 5.41) is 17.9. The number of nitrogens with zero attached hydrogens (tertiary/aromatic N) is 1. The number of amides is 3. The second-order valence-corrected chi connectivity index (χ2v) is 9.09. The zero-order valence-electron chi connectivity index (χ0n) is 18.0. The Balaban J connectivity index is 1.60. The first-order chi connectivity index (χ1) is 15.9. The summed E-state index contributed by atoms with van der Waals surface area (Å²) in [5.74, 6) is -3.07. The maximum Gasteiger partial charge on any atom is 0.250 e. The summed E-state index contributed by atoms with van der Waals surface area (Å²) in [5.41, 5.74) is 0.295. The highest BCUT2D eigenvalue weighted by atomic mass is 35.5. The normalized spacial score (nSPS) is 28.9. The maximum atomic E-state index is 13.6. The third-order valence-electron chi connectivity index (χ3n) is 6.93. The first-order valence-corrected chi connectivity index (χ1v) is 11.2. The van der Waals surface area contributed by atoms with E-state index in [1.807, 2.05) is 0 Å².